The van der Waals surface area contributed by atoms with Crippen molar-refractivity contribution in [1.29, 1.82) is 0 Å². The molecule has 1 saturated heterocycles. The summed E-state index contributed by atoms with van der Waals surface area (Å²) in [6, 6.07) is 3.65. The number of pyridine rings is 1. The number of carboxylic acid groups (broad SMARTS) is 1. The van der Waals surface area contributed by atoms with E-state index in [1.54, 1.807) is 12.3 Å². The molecule has 15 heavy (non-hydrogen) atoms. The van der Waals surface area contributed by atoms with Gasteiger partial charge in [-0.05, 0) is 11.6 Å². The fraction of sp³-hybridized carbons (Fsp3) is 0.400. The van der Waals surface area contributed by atoms with E-state index in [1.165, 1.54) is 0 Å². The molecule has 1 aliphatic heterocycles. The third-order valence-corrected chi connectivity index (χ3v) is 2.72. The molecule has 1 aromatic heterocycles. The summed E-state index contributed by atoms with van der Waals surface area (Å²) in [5.74, 6) is -0.911. The van der Waals surface area contributed by atoms with Crippen LogP contribution in [0.15, 0.2) is 18.3 Å². The minimum Gasteiger partial charge on any atom is -0.481 e. The monoisotopic (exact) mass is 226 g/mol. The van der Waals surface area contributed by atoms with Crippen LogP contribution in [0, 0.1) is 5.92 Å². The van der Waals surface area contributed by atoms with Crippen molar-refractivity contribution in [2.24, 2.45) is 5.92 Å². The fourth-order valence-corrected chi connectivity index (χ4v) is 1.73. The van der Waals surface area contributed by atoms with Crippen LogP contribution in [0.4, 0.5) is 0 Å². The number of hydrogen-bond donors (Lipinski definition) is 1. The van der Waals surface area contributed by atoms with E-state index in [0.29, 0.717) is 18.2 Å². The molecule has 1 N–H and O–H groups in total. The highest BCUT2D eigenvalue weighted by atomic mass is 35.5. The molecule has 0 saturated carbocycles. The van der Waals surface area contributed by atoms with Gasteiger partial charge in [0.15, 0.2) is 0 Å². The maximum absolute atomic E-state index is 10.6. The molecule has 0 atom stereocenters. The van der Waals surface area contributed by atoms with Crippen molar-refractivity contribution in [3.63, 3.8) is 0 Å². The third-order valence-electron chi connectivity index (χ3n) is 2.50. The quantitative estimate of drug-likeness (QED) is 0.789. The summed E-state index contributed by atoms with van der Waals surface area (Å²) < 4.78 is 0. The van der Waals surface area contributed by atoms with E-state index >= 15 is 0 Å². The lowest BCUT2D eigenvalue weighted by atomic mass is 10.00. The van der Waals surface area contributed by atoms with Crippen LogP contribution in [0.25, 0.3) is 0 Å². The highest BCUT2D eigenvalue weighted by molar-refractivity contribution is 6.29. The molecule has 1 aliphatic rings. The lowest BCUT2D eigenvalue weighted by molar-refractivity contribution is -0.147. The van der Waals surface area contributed by atoms with Crippen LogP contribution in [-0.2, 0) is 11.3 Å². The van der Waals surface area contributed by atoms with Crippen molar-refractivity contribution in [3.8, 4) is 0 Å². The van der Waals surface area contributed by atoms with E-state index < -0.39 is 5.97 Å². The van der Waals surface area contributed by atoms with E-state index in [0.717, 1.165) is 12.1 Å². The van der Waals surface area contributed by atoms with Gasteiger partial charge in [0.2, 0.25) is 0 Å². The molecule has 0 unspecified atom stereocenters. The van der Waals surface area contributed by atoms with Gasteiger partial charge in [-0.1, -0.05) is 17.7 Å². The van der Waals surface area contributed by atoms with Crippen LogP contribution in [-0.4, -0.2) is 34.0 Å². The molecule has 1 aromatic rings. The lowest BCUT2D eigenvalue weighted by Crippen LogP contribution is -2.49. The largest absolute Gasteiger partial charge is 0.481 e. The Bertz CT molecular complexity index is 360. The van der Waals surface area contributed by atoms with Gasteiger partial charge >= 0.3 is 5.97 Å². The number of hydrogen-bond acceptors (Lipinski definition) is 3. The van der Waals surface area contributed by atoms with Gasteiger partial charge in [-0.15, -0.1) is 0 Å². The smallest absolute Gasteiger partial charge is 0.309 e. The molecule has 2 heterocycles. The summed E-state index contributed by atoms with van der Waals surface area (Å²) in [4.78, 5) is 16.6. The van der Waals surface area contributed by atoms with Crippen molar-refractivity contribution in [3.05, 3.63) is 29.0 Å². The van der Waals surface area contributed by atoms with E-state index in [1.807, 2.05) is 6.07 Å². The number of likely N-dealkylation sites (tertiary alicyclic amines) is 1. The van der Waals surface area contributed by atoms with Crippen molar-refractivity contribution >= 4 is 17.6 Å². The Balaban J connectivity index is 1.85. The first-order valence-corrected chi connectivity index (χ1v) is 5.08. The Morgan fingerprint density at radius 3 is 2.87 bits per heavy atom. The first-order valence-electron chi connectivity index (χ1n) is 4.71. The molecule has 0 aromatic carbocycles. The number of carboxylic acids is 1. The van der Waals surface area contributed by atoms with Gasteiger partial charge in [-0.3, -0.25) is 9.69 Å². The zero-order valence-electron chi connectivity index (χ0n) is 8.06. The summed E-state index contributed by atoms with van der Waals surface area (Å²) in [5.41, 5.74) is 1.06. The second-order valence-corrected chi connectivity index (χ2v) is 4.11. The molecule has 5 heteroatoms. The molecule has 80 valence electrons. The van der Waals surface area contributed by atoms with Crippen LogP contribution < -0.4 is 0 Å². The average molecular weight is 227 g/mol. The molecule has 1 fully saturated rings. The van der Waals surface area contributed by atoms with Crippen molar-refractivity contribution in [2.75, 3.05) is 13.1 Å². The Morgan fingerprint density at radius 1 is 1.60 bits per heavy atom. The molecule has 0 bridgehead atoms. The van der Waals surface area contributed by atoms with Crippen LogP contribution in [0.1, 0.15) is 5.56 Å². The maximum atomic E-state index is 10.6. The average Bonchev–Trinajstić information content (AvgIpc) is 2.13. The van der Waals surface area contributed by atoms with Crippen molar-refractivity contribution in [2.45, 2.75) is 6.54 Å². The van der Waals surface area contributed by atoms with Gasteiger partial charge < -0.3 is 5.11 Å². The topological polar surface area (TPSA) is 53.4 Å². The molecular weight excluding hydrogens is 216 g/mol. The lowest BCUT2D eigenvalue weighted by Gasteiger charge is -2.36. The predicted octanol–water partition coefficient (Wildman–Crippen LogP) is 1.25. The minimum atomic E-state index is -0.708. The van der Waals surface area contributed by atoms with Crippen LogP contribution in [0.2, 0.25) is 5.15 Å². The Hall–Kier alpha value is -1.13. The number of halogens is 1. The normalized spacial score (nSPS) is 17.4. The Morgan fingerprint density at radius 2 is 2.33 bits per heavy atom. The van der Waals surface area contributed by atoms with E-state index in [2.05, 4.69) is 9.88 Å². The van der Waals surface area contributed by atoms with Crippen LogP contribution in [0.5, 0.6) is 0 Å². The number of aliphatic carboxylic acids is 1. The highest BCUT2D eigenvalue weighted by Gasteiger charge is 2.32. The van der Waals surface area contributed by atoms with Gasteiger partial charge in [0.25, 0.3) is 0 Å². The number of aromatic nitrogens is 1. The first-order chi connectivity index (χ1) is 7.15. The van der Waals surface area contributed by atoms with Crippen LogP contribution in [0.3, 0.4) is 0 Å². The van der Waals surface area contributed by atoms with Gasteiger partial charge in [-0.2, -0.15) is 0 Å². The highest BCUT2D eigenvalue weighted by Crippen LogP contribution is 2.18. The minimum absolute atomic E-state index is 0.203. The standard InChI is InChI=1S/C10H11ClN2O2/c11-9-2-1-7(3-12-9)4-13-5-8(6-13)10(14)15/h1-3,8H,4-6H2,(H,14,15). The molecule has 4 nitrogen and oxygen atoms in total. The summed E-state index contributed by atoms with van der Waals surface area (Å²) >= 11 is 5.66. The zero-order valence-corrected chi connectivity index (χ0v) is 8.81. The SMILES string of the molecule is O=C(O)C1CN(Cc2ccc(Cl)nc2)C1. The fourth-order valence-electron chi connectivity index (χ4n) is 1.61. The Labute approximate surface area is 92.5 Å². The second kappa shape index (κ2) is 4.16. The number of carbonyl (C=O) groups is 1. The van der Waals surface area contributed by atoms with Gasteiger partial charge in [0.1, 0.15) is 5.15 Å². The zero-order chi connectivity index (χ0) is 10.8. The molecule has 0 radical (unpaired) electrons. The summed E-state index contributed by atoms with van der Waals surface area (Å²) in [5, 5.41) is 9.17. The molecule has 2 rings (SSSR count). The molecule has 0 spiro atoms. The van der Waals surface area contributed by atoms with E-state index in [4.69, 9.17) is 16.7 Å². The summed E-state index contributed by atoms with van der Waals surface area (Å²) in [6.45, 7) is 1.99. The number of nitrogens with zero attached hydrogens (tertiary/aromatic N) is 2. The van der Waals surface area contributed by atoms with Crippen molar-refractivity contribution in [1.82, 2.24) is 9.88 Å². The third kappa shape index (κ3) is 2.46. The Kier molecular flexibility index (Phi) is 2.88. The molecule has 0 amide bonds. The maximum Gasteiger partial charge on any atom is 0.309 e. The molecule has 0 aliphatic carbocycles. The molecular formula is C10H11ClN2O2. The summed E-state index contributed by atoms with van der Waals surface area (Å²) in [7, 11) is 0. The van der Waals surface area contributed by atoms with Gasteiger partial charge in [-0.25, -0.2) is 4.98 Å². The summed E-state index contributed by atoms with van der Waals surface area (Å²) in [6.07, 6.45) is 1.72. The van der Waals surface area contributed by atoms with Crippen LogP contribution >= 0.6 is 11.6 Å². The van der Waals surface area contributed by atoms with Gasteiger partial charge in [0.05, 0.1) is 5.92 Å². The van der Waals surface area contributed by atoms with E-state index in [9.17, 15) is 4.79 Å². The predicted molar refractivity (Wildman–Crippen MR) is 55.6 cm³/mol. The van der Waals surface area contributed by atoms with Gasteiger partial charge in [0, 0.05) is 25.8 Å². The first kappa shape index (κ1) is 10.4. The van der Waals surface area contributed by atoms with Crippen molar-refractivity contribution < 1.29 is 9.90 Å². The second-order valence-electron chi connectivity index (χ2n) is 3.72. The van der Waals surface area contributed by atoms with E-state index in [-0.39, 0.29) is 5.92 Å². The number of rotatable bonds is 3.